The molecule has 0 aromatic carbocycles. The standard InChI is InChI=1S/C8H14N2O3/c1-5(13-2)4-9-6-3-7(11)10-8(6)12/h5-6,9H,3-4H2,1-2H3,(H,10,11,12). The van der Waals surface area contributed by atoms with E-state index in [2.05, 4.69) is 10.6 Å². The van der Waals surface area contributed by atoms with Gasteiger partial charge < -0.3 is 10.1 Å². The molecule has 1 rings (SSSR count). The van der Waals surface area contributed by atoms with E-state index in [0.717, 1.165) is 0 Å². The zero-order valence-electron chi connectivity index (χ0n) is 7.79. The molecule has 2 unspecified atom stereocenters. The number of hydrogen-bond acceptors (Lipinski definition) is 4. The third kappa shape index (κ3) is 2.78. The summed E-state index contributed by atoms with van der Waals surface area (Å²) in [6, 6.07) is -0.384. The van der Waals surface area contributed by atoms with Gasteiger partial charge in [0.2, 0.25) is 11.8 Å². The highest BCUT2D eigenvalue weighted by molar-refractivity contribution is 6.05. The van der Waals surface area contributed by atoms with Crippen LogP contribution in [0, 0.1) is 0 Å². The molecule has 1 aliphatic rings. The monoisotopic (exact) mass is 186 g/mol. The van der Waals surface area contributed by atoms with E-state index < -0.39 is 0 Å². The summed E-state index contributed by atoms with van der Waals surface area (Å²) in [5, 5.41) is 5.18. The van der Waals surface area contributed by atoms with Crippen molar-refractivity contribution in [1.29, 1.82) is 0 Å². The van der Waals surface area contributed by atoms with Crippen LogP contribution >= 0.6 is 0 Å². The number of carbonyl (C=O) groups is 2. The molecule has 0 aromatic rings. The average molecular weight is 186 g/mol. The van der Waals surface area contributed by atoms with Crippen molar-refractivity contribution in [3.63, 3.8) is 0 Å². The highest BCUT2D eigenvalue weighted by Gasteiger charge is 2.29. The number of carbonyl (C=O) groups excluding carboxylic acids is 2. The van der Waals surface area contributed by atoms with E-state index in [0.29, 0.717) is 6.54 Å². The fraction of sp³-hybridized carbons (Fsp3) is 0.750. The highest BCUT2D eigenvalue weighted by atomic mass is 16.5. The van der Waals surface area contributed by atoms with E-state index in [1.165, 1.54) is 0 Å². The second kappa shape index (κ2) is 4.34. The van der Waals surface area contributed by atoms with Gasteiger partial charge in [-0.05, 0) is 6.92 Å². The second-order valence-corrected chi connectivity index (χ2v) is 3.12. The maximum absolute atomic E-state index is 11.1. The number of ether oxygens (including phenoxy) is 1. The van der Waals surface area contributed by atoms with Crippen molar-refractivity contribution >= 4 is 11.8 Å². The maximum atomic E-state index is 11.1. The Bertz CT molecular complexity index is 217. The molecule has 0 spiro atoms. The minimum absolute atomic E-state index is 0.0449. The molecule has 1 fully saturated rings. The van der Waals surface area contributed by atoms with Gasteiger partial charge in [-0.1, -0.05) is 0 Å². The van der Waals surface area contributed by atoms with Crippen LogP contribution in [0.3, 0.4) is 0 Å². The van der Waals surface area contributed by atoms with Crippen molar-refractivity contribution in [2.45, 2.75) is 25.5 Å². The molecule has 0 radical (unpaired) electrons. The van der Waals surface area contributed by atoms with Gasteiger partial charge in [0.25, 0.3) is 0 Å². The van der Waals surface area contributed by atoms with Gasteiger partial charge in [0.1, 0.15) is 0 Å². The van der Waals surface area contributed by atoms with Gasteiger partial charge in [0, 0.05) is 13.7 Å². The summed E-state index contributed by atoms with van der Waals surface area (Å²) in [5.74, 6) is -0.458. The van der Waals surface area contributed by atoms with Crippen LogP contribution in [0.15, 0.2) is 0 Å². The van der Waals surface area contributed by atoms with E-state index in [9.17, 15) is 9.59 Å². The number of imide groups is 1. The summed E-state index contributed by atoms with van der Waals surface area (Å²) in [6.45, 7) is 2.46. The van der Waals surface area contributed by atoms with Gasteiger partial charge in [-0.25, -0.2) is 0 Å². The topological polar surface area (TPSA) is 67.4 Å². The largest absolute Gasteiger partial charge is 0.380 e. The first kappa shape index (κ1) is 10.1. The molecule has 1 aliphatic heterocycles. The molecule has 0 saturated carbocycles. The van der Waals surface area contributed by atoms with E-state index in [-0.39, 0.29) is 30.4 Å². The number of rotatable bonds is 4. The molecule has 2 N–H and O–H groups in total. The van der Waals surface area contributed by atoms with Gasteiger partial charge in [-0.15, -0.1) is 0 Å². The van der Waals surface area contributed by atoms with E-state index in [4.69, 9.17) is 4.74 Å². The summed E-state index contributed by atoms with van der Waals surface area (Å²) in [7, 11) is 1.60. The van der Waals surface area contributed by atoms with Crippen molar-refractivity contribution in [3.05, 3.63) is 0 Å². The first-order valence-electron chi connectivity index (χ1n) is 4.23. The lowest BCUT2D eigenvalue weighted by molar-refractivity contribution is -0.125. The number of methoxy groups -OCH3 is 1. The lowest BCUT2D eigenvalue weighted by atomic mass is 10.2. The van der Waals surface area contributed by atoms with Crippen LogP contribution in [0.25, 0.3) is 0 Å². The normalized spacial score (nSPS) is 24.6. The van der Waals surface area contributed by atoms with Crippen LogP contribution in [0.2, 0.25) is 0 Å². The van der Waals surface area contributed by atoms with E-state index >= 15 is 0 Å². The lowest BCUT2D eigenvalue weighted by Gasteiger charge is -2.13. The molecule has 0 aromatic heterocycles. The molecule has 2 atom stereocenters. The smallest absolute Gasteiger partial charge is 0.244 e. The Balaban J connectivity index is 2.29. The minimum Gasteiger partial charge on any atom is -0.380 e. The quantitative estimate of drug-likeness (QED) is 0.554. The molecule has 5 heteroatoms. The predicted molar refractivity (Wildman–Crippen MR) is 46.0 cm³/mol. The molecule has 0 aliphatic carbocycles. The van der Waals surface area contributed by atoms with Crippen molar-refractivity contribution in [2.75, 3.05) is 13.7 Å². The SMILES string of the molecule is COC(C)CNC1CC(=O)NC1=O. The number of nitrogens with one attached hydrogen (secondary N) is 2. The lowest BCUT2D eigenvalue weighted by Crippen LogP contribution is -2.40. The second-order valence-electron chi connectivity index (χ2n) is 3.12. The highest BCUT2D eigenvalue weighted by Crippen LogP contribution is 2.01. The third-order valence-electron chi connectivity index (χ3n) is 2.02. The van der Waals surface area contributed by atoms with Crippen LogP contribution in [-0.4, -0.2) is 37.6 Å². The van der Waals surface area contributed by atoms with Crippen LogP contribution in [0.1, 0.15) is 13.3 Å². The molecule has 5 nitrogen and oxygen atoms in total. The molecule has 13 heavy (non-hydrogen) atoms. The summed E-state index contributed by atoms with van der Waals surface area (Å²) in [5.41, 5.74) is 0. The first-order chi connectivity index (χ1) is 6.13. The Labute approximate surface area is 76.8 Å². The van der Waals surface area contributed by atoms with Gasteiger partial charge in [-0.2, -0.15) is 0 Å². The Hall–Kier alpha value is -0.940. The fourth-order valence-electron chi connectivity index (χ4n) is 1.11. The van der Waals surface area contributed by atoms with Crippen molar-refractivity contribution in [1.82, 2.24) is 10.6 Å². The molecular weight excluding hydrogens is 172 g/mol. The molecule has 1 heterocycles. The fourth-order valence-corrected chi connectivity index (χ4v) is 1.11. The molecule has 0 bridgehead atoms. The van der Waals surface area contributed by atoms with Gasteiger partial charge >= 0.3 is 0 Å². The summed E-state index contributed by atoms with van der Waals surface area (Å²) < 4.78 is 4.99. The Morgan fingerprint density at radius 1 is 1.69 bits per heavy atom. The summed E-state index contributed by atoms with van der Waals surface area (Å²) >= 11 is 0. The summed E-state index contributed by atoms with van der Waals surface area (Å²) in [6.07, 6.45) is 0.276. The third-order valence-corrected chi connectivity index (χ3v) is 2.02. The Morgan fingerprint density at radius 2 is 2.38 bits per heavy atom. The van der Waals surface area contributed by atoms with Crippen molar-refractivity contribution in [2.24, 2.45) is 0 Å². The van der Waals surface area contributed by atoms with E-state index in [1.54, 1.807) is 7.11 Å². The Kier molecular flexibility index (Phi) is 3.39. The van der Waals surface area contributed by atoms with Crippen LogP contribution in [0.4, 0.5) is 0 Å². The van der Waals surface area contributed by atoms with Gasteiger partial charge in [0.05, 0.1) is 18.6 Å². The molecule has 74 valence electrons. The van der Waals surface area contributed by atoms with E-state index in [1.807, 2.05) is 6.92 Å². The summed E-state index contributed by atoms with van der Waals surface area (Å²) in [4.78, 5) is 21.8. The van der Waals surface area contributed by atoms with Gasteiger partial charge in [0.15, 0.2) is 0 Å². The zero-order valence-corrected chi connectivity index (χ0v) is 7.79. The predicted octanol–water partition coefficient (Wildman–Crippen LogP) is -0.974. The van der Waals surface area contributed by atoms with Crippen molar-refractivity contribution < 1.29 is 14.3 Å². The van der Waals surface area contributed by atoms with Crippen LogP contribution in [0.5, 0.6) is 0 Å². The van der Waals surface area contributed by atoms with Crippen molar-refractivity contribution in [3.8, 4) is 0 Å². The zero-order chi connectivity index (χ0) is 9.84. The first-order valence-corrected chi connectivity index (χ1v) is 4.23. The molecule has 1 saturated heterocycles. The number of amides is 2. The van der Waals surface area contributed by atoms with Crippen LogP contribution in [-0.2, 0) is 14.3 Å². The van der Waals surface area contributed by atoms with Crippen LogP contribution < -0.4 is 10.6 Å². The maximum Gasteiger partial charge on any atom is 0.244 e. The Morgan fingerprint density at radius 3 is 2.85 bits per heavy atom. The molecular formula is C8H14N2O3. The average Bonchev–Trinajstić information content (AvgIpc) is 2.41. The number of hydrogen-bond donors (Lipinski definition) is 2. The molecule has 2 amide bonds. The minimum atomic E-state index is -0.384. The van der Waals surface area contributed by atoms with Gasteiger partial charge in [-0.3, -0.25) is 14.9 Å².